The van der Waals surface area contributed by atoms with Crippen LogP contribution >= 0.6 is 0 Å². The van der Waals surface area contributed by atoms with Gasteiger partial charge in [0, 0.05) is 11.8 Å². The smallest absolute Gasteiger partial charge is 0.335 e. The van der Waals surface area contributed by atoms with E-state index in [1.807, 2.05) is 6.92 Å². The maximum Gasteiger partial charge on any atom is 0.335 e. The van der Waals surface area contributed by atoms with E-state index in [0.717, 1.165) is 5.69 Å². The summed E-state index contributed by atoms with van der Waals surface area (Å²) in [6.07, 6.45) is 0. The minimum Gasteiger partial charge on any atom is -0.478 e. The SMILES string of the molecule is Cc1cc(Oc2cccc(C(=O)O)c2)n[nH]1. The Morgan fingerprint density at radius 3 is 2.88 bits per heavy atom. The molecule has 82 valence electrons. The maximum atomic E-state index is 10.7. The van der Waals surface area contributed by atoms with Gasteiger partial charge in [-0.2, -0.15) is 0 Å². The van der Waals surface area contributed by atoms with Gasteiger partial charge in [-0.3, -0.25) is 5.10 Å². The van der Waals surface area contributed by atoms with Crippen LogP contribution < -0.4 is 4.74 Å². The highest BCUT2D eigenvalue weighted by molar-refractivity contribution is 5.88. The predicted octanol–water partition coefficient (Wildman–Crippen LogP) is 2.21. The molecule has 0 bridgehead atoms. The molecule has 16 heavy (non-hydrogen) atoms. The monoisotopic (exact) mass is 218 g/mol. The molecule has 0 aliphatic rings. The van der Waals surface area contributed by atoms with E-state index < -0.39 is 5.97 Å². The highest BCUT2D eigenvalue weighted by atomic mass is 16.5. The number of carboxylic acid groups (broad SMARTS) is 1. The number of benzene rings is 1. The molecule has 1 heterocycles. The number of carboxylic acids is 1. The fraction of sp³-hybridized carbons (Fsp3) is 0.0909. The maximum absolute atomic E-state index is 10.7. The number of H-pyrrole nitrogens is 1. The molecule has 5 heteroatoms. The second-order valence-corrected chi connectivity index (χ2v) is 3.32. The van der Waals surface area contributed by atoms with Crippen LogP contribution in [0.15, 0.2) is 30.3 Å². The first-order valence-electron chi connectivity index (χ1n) is 4.68. The zero-order valence-corrected chi connectivity index (χ0v) is 8.60. The molecule has 0 aliphatic carbocycles. The first-order chi connectivity index (χ1) is 7.65. The number of ether oxygens (including phenoxy) is 1. The molecule has 0 aliphatic heterocycles. The zero-order valence-electron chi connectivity index (χ0n) is 8.60. The van der Waals surface area contributed by atoms with E-state index in [9.17, 15) is 4.79 Å². The van der Waals surface area contributed by atoms with Gasteiger partial charge in [-0.05, 0) is 25.1 Å². The van der Waals surface area contributed by atoms with Crippen LogP contribution in [-0.2, 0) is 0 Å². The number of hydrogen-bond donors (Lipinski definition) is 2. The largest absolute Gasteiger partial charge is 0.478 e. The van der Waals surface area contributed by atoms with E-state index in [4.69, 9.17) is 9.84 Å². The Balaban J connectivity index is 2.21. The highest BCUT2D eigenvalue weighted by Gasteiger charge is 2.05. The van der Waals surface area contributed by atoms with Crippen LogP contribution in [0, 0.1) is 6.92 Å². The minimum atomic E-state index is -0.983. The number of aromatic nitrogens is 2. The summed E-state index contributed by atoms with van der Waals surface area (Å²) < 4.78 is 5.38. The Bertz CT molecular complexity index is 519. The standard InChI is InChI=1S/C11H10N2O3/c1-7-5-10(13-12-7)16-9-4-2-3-8(6-9)11(14)15/h2-6H,1H3,(H,12,13)(H,14,15). The fourth-order valence-electron chi connectivity index (χ4n) is 1.26. The quantitative estimate of drug-likeness (QED) is 0.828. The topological polar surface area (TPSA) is 75.2 Å². The summed E-state index contributed by atoms with van der Waals surface area (Å²) in [5, 5.41) is 15.4. The molecular formula is C11H10N2O3. The Labute approximate surface area is 91.7 Å². The van der Waals surface area contributed by atoms with E-state index >= 15 is 0 Å². The Kier molecular flexibility index (Phi) is 2.59. The molecule has 0 fully saturated rings. The van der Waals surface area contributed by atoms with Crippen LogP contribution in [0.25, 0.3) is 0 Å². The van der Waals surface area contributed by atoms with Gasteiger partial charge in [-0.15, -0.1) is 5.10 Å². The van der Waals surface area contributed by atoms with Crippen LogP contribution in [0.1, 0.15) is 16.1 Å². The number of nitrogens with zero attached hydrogens (tertiary/aromatic N) is 1. The van der Waals surface area contributed by atoms with Crippen molar-refractivity contribution in [3.63, 3.8) is 0 Å². The Hall–Kier alpha value is -2.30. The predicted molar refractivity (Wildman–Crippen MR) is 56.8 cm³/mol. The first kappa shape index (κ1) is 10.2. The van der Waals surface area contributed by atoms with E-state index in [-0.39, 0.29) is 5.56 Å². The molecule has 0 unspecified atom stereocenters. The molecule has 1 aromatic carbocycles. The van der Waals surface area contributed by atoms with Crippen LogP contribution in [0.3, 0.4) is 0 Å². The number of hydrogen-bond acceptors (Lipinski definition) is 3. The summed E-state index contributed by atoms with van der Waals surface area (Å²) in [5.41, 5.74) is 1.06. The Morgan fingerprint density at radius 2 is 2.25 bits per heavy atom. The number of nitrogens with one attached hydrogen (secondary N) is 1. The fourth-order valence-corrected chi connectivity index (χ4v) is 1.26. The first-order valence-corrected chi connectivity index (χ1v) is 4.68. The number of aryl methyl sites for hydroxylation is 1. The molecule has 0 radical (unpaired) electrons. The number of aromatic carboxylic acids is 1. The van der Waals surface area contributed by atoms with Gasteiger partial charge in [0.15, 0.2) is 0 Å². The summed E-state index contributed by atoms with van der Waals surface area (Å²) in [6.45, 7) is 1.85. The van der Waals surface area contributed by atoms with Crippen molar-refractivity contribution in [3.05, 3.63) is 41.6 Å². The summed E-state index contributed by atoms with van der Waals surface area (Å²) in [6, 6.07) is 7.99. The summed E-state index contributed by atoms with van der Waals surface area (Å²) in [4.78, 5) is 10.7. The summed E-state index contributed by atoms with van der Waals surface area (Å²) in [7, 11) is 0. The zero-order chi connectivity index (χ0) is 11.5. The van der Waals surface area contributed by atoms with Gasteiger partial charge in [0.2, 0.25) is 5.88 Å². The van der Waals surface area contributed by atoms with Crippen molar-refractivity contribution < 1.29 is 14.6 Å². The van der Waals surface area contributed by atoms with Crippen LogP contribution in [0.2, 0.25) is 0 Å². The lowest BCUT2D eigenvalue weighted by molar-refractivity contribution is 0.0696. The van der Waals surface area contributed by atoms with Crippen molar-refractivity contribution in [1.82, 2.24) is 10.2 Å². The molecule has 0 spiro atoms. The molecule has 0 amide bonds. The average Bonchev–Trinajstić information content (AvgIpc) is 2.64. The third-order valence-electron chi connectivity index (χ3n) is 1.99. The van der Waals surface area contributed by atoms with Gasteiger partial charge in [0.05, 0.1) is 5.56 Å². The van der Waals surface area contributed by atoms with Gasteiger partial charge in [-0.1, -0.05) is 6.07 Å². The van der Waals surface area contributed by atoms with Crippen molar-refractivity contribution >= 4 is 5.97 Å². The van der Waals surface area contributed by atoms with Crippen LogP contribution in [-0.4, -0.2) is 21.3 Å². The van der Waals surface area contributed by atoms with Gasteiger partial charge < -0.3 is 9.84 Å². The van der Waals surface area contributed by atoms with Crippen molar-refractivity contribution in [1.29, 1.82) is 0 Å². The summed E-state index contributed by atoms with van der Waals surface area (Å²) in [5.74, 6) is -0.116. The average molecular weight is 218 g/mol. The number of aromatic amines is 1. The normalized spacial score (nSPS) is 10.1. The molecule has 0 atom stereocenters. The van der Waals surface area contributed by atoms with E-state index in [2.05, 4.69) is 10.2 Å². The van der Waals surface area contributed by atoms with Gasteiger partial charge in [-0.25, -0.2) is 4.79 Å². The van der Waals surface area contributed by atoms with Crippen molar-refractivity contribution in [2.75, 3.05) is 0 Å². The molecule has 2 rings (SSSR count). The van der Waals surface area contributed by atoms with Gasteiger partial charge >= 0.3 is 5.97 Å². The van der Waals surface area contributed by atoms with Crippen LogP contribution in [0.5, 0.6) is 11.6 Å². The molecule has 1 aromatic heterocycles. The molecule has 5 nitrogen and oxygen atoms in total. The molecular weight excluding hydrogens is 208 g/mol. The summed E-state index contributed by atoms with van der Waals surface area (Å²) >= 11 is 0. The molecule has 0 saturated carbocycles. The third kappa shape index (κ3) is 2.20. The lowest BCUT2D eigenvalue weighted by Crippen LogP contribution is -1.96. The second kappa shape index (κ2) is 4.06. The van der Waals surface area contributed by atoms with Crippen molar-refractivity contribution in [2.24, 2.45) is 0 Å². The second-order valence-electron chi connectivity index (χ2n) is 3.32. The Morgan fingerprint density at radius 1 is 1.44 bits per heavy atom. The van der Waals surface area contributed by atoms with Crippen molar-refractivity contribution in [2.45, 2.75) is 6.92 Å². The van der Waals surface area contributed by atoms with Crippen LogP contribution in [0.4, 0.5) is 0 Å². The molecule has 2 aromatic rings. The lowest BCUT2D eigenvalue weighted by Gasteiger charge is -2.02. The third-order valence-corrected chi connectivity index (χ3v) is 1.99. The van der Waals surface area contributed by atoms with Gasteiger partial charge in [0.25, 0.3) is 0 Å². The molecule has 2 N–H and O–H groups in total. The highest BCUT2D eigenvalue weighted by Crippen LogP contribution is 2.20. The van der Waals surface area contributed by atoms with E-state index in [0.29, 0.717) is 11.6 Å². The number of rotatable bonds is 3. The van der Waals surface area contributed by atoms with E-state index in [1.165, 1.54) is 12.1 Å². The lowest BCUT2D eigenvalue weighted by atomic mass is 10.2. The number of carbonyl (C=O) groups is 1. The minimum absolute atomic E-state index is 0.185. The molecule has 0 saturated heterocycles. The van der Waals surface area contributed by atoms with Crippen molar-refractivity contribution in [3.8, 4) is 11.6 Å². The van der Waals surface area contributed by atoms with E-state index in [1.54, 1.807) is 18.2 Å². The van der Waals surface area contributed by atoms with Gasteiger partial charge in [0.1, 0.15) is 5.75 Å².